The maximum Gasteiger partial charge on any atom is 0.337 e. The first-order valence-corrected chi connectivity index (χ1v) is 11.2. The van der Waals surface area contributed by atoms with Crippen molar-refractivity contribution in [2.45, 2.75) is 31.5 Å². The van der Waals surface area contributed by atoms with Crippen LogP contribution in [0.3, 0.4) is 0 Å². The third kappa shape index (κ3) is 5.88. The number of ether oxygens (including phenoxy) is 2. The molecule has 1 aromatic heterocycles. The largest absolute Gasteiger partial charge is 0.483 e. The molecule has 0 unspecified atom stereocenters. The second kappa shape index (κ2) is 10.8. The number of nitrogens with one attached hydrogen (secondary N) is 1. The molecule has 0 aliphatic carbocycles. The molecule has 1 heterocycles. The Labute approximate surface area is 191 Å². The van der Waals surface area contributed by atoms with E-state index in [-0.39, 0.29) is 17.8 Å². The van der Waals surface area contributed by atoms with Gasteiger partial charge in [0.25, 0.3) is 0 Å². The lowest BCUT2D eigenvalue weighted by atomic mass is 10.2. The van der Waals surface area contributed by atoms with Crippen molar-refractivity contribution >= 4 is 29.3 Å². The summed E-state index contributed by atoms with van der Waals surface area (Å²) in [6, 6.07) is 14.5. The van der Waals surface area contributed by atoms with Crippen molar-refractivity contribution in [2.75, 3.05) is 18.2 Å². The number of carbonyl (C=O) groups is 2. The van der Waals surface area contributed by atoms with Crippen molar-refractivity contribution in [1.82, 2.24) is 14.8 Å². The van der Waals surface area contributed by atoms with Crippen molar-refractivity contribution in [1.29, 1.82) is 0 Å². The number of rotatable bonds is 9. The zero-order valence-corrected chi connectivity index (χ0v) is 19.3. The van der Waals surface area contributed by atoms with Crippen molar-refractivity contribution in [3.05, 3.63) is 65.5 Å². The molecule has 2 aromatic carbocycles. The third-order valence-corrected chi connectivity index (χ3v) is 5.82. The molecule has 1 amide bonds. The van der Waals surface area contributed by atoms with Crippen molar-refractivity contribution < 1.29 is 19.1 Å². The molecule has 0 aliphatic rings. The Bertz CT molecular complexity index is 1060. The summed E-state index contributed by atoms with van der Waals surface area (Å²) >= 11 is 1.28. The first-order valence-electron chi connectivity index (χ1n) is 10.2. The first-order chi connectivity index (χ1) is 15.4. The van der Waals surface area contributed by atoms with Crippen LogP contribution in [0.4, 0.5) is 5.69 Å². The Morgan fingerprint density at radius 2 is 1.78 bits per heavy atom. The molecular weight excluding hydrogens is 428 g/mol. The van der Waals surface area contributed by atoms with Gasteiger partial charge < -0.3 is 19.4 Å². The van der Waals surface area contributed by atoms with E-state index in [1.54, 1.807) is 24.3 Å². The van der Waals surface area contributed by atoms with E-state index in [1.807, 2.05) is 42.8 Å². The zero-order chi connectivity index (χ0) is 23.1. The Morgan fingerprint density at radius 1 is 1.09 bits per heavy atom. The van der Waals surface area contributed by atoms with Gasteiger partial charge in [-0.2, -0.15) is 0 Å². The van der Waals surface area contributed by atoms with Gasteiger partial charge in [0.05, 0.1) is 18.4 Å². The lowest BCUT2D eigenvalue weighted by Crippen LogP contribution is -2.15. The van der Waals surface area contributed by atoms with E-state index in [0.29, 0.717) is 22.2 Å². The summed E-state index contributed by atoms with van der Waals surface area (Å²) in [6.45, 7) is 4.02. The number of carbonyl (C=O) groups excluding carboxylic acids is 2. The predicted molar refractivity (Wildman–Crippen MR) is 123 cm³/mol. The molecule has 9 heteroatoms. The van der Waals surface area contributed by atoms with Crippen LogP contribution in [0.1, 0.15) is 41.7 Å². The van der Waals surface area contributed by atoms with E-state index in [9.17, 15) is 9.59 Å². The molecule has 0 fully saturated rings. The summed E-state index contributed by atoms with van der Waals surface area (Å²) in [4.78, 5) is 23.8. The minimum Gasteiger partial charge on any atom is -0.483 e. The number of esters is 1. The maximum absolute atomic E-state index is 12.3. The highest BCUT2D eigenvalue weighted by atomic mass is 32.2. The number of amides is 1. The van der Waals surface area contributed by atoms with Crippen LogP contribution in [0.15, 0.2) is 53.7 Å². The highest BCUT2D eigenvalue weighted by Crippen LogP contribution is 2.24. The van der Waals surface area contributed by atoms with Crippen LogP contribution in [-0.2, 0) is 23.0 Å². The summed E-state index contributed by atoms with van der Waals surface area (Å²) in [5.41, 5.74) is 2.27. The van der Waals surface area contributed by atoms with Crippen molar-refractivity contribution in [3.63, 3.8) is 0 Å². The van der Waals surface area contributed by atoms with Crippen LogP contribution in [0.5, 0.6) is 5.75 Å². The number of thioether (sulfide) groups is 1. The molecular formula is C23H26N4O4S. The number of nitrogens with zero attached hydrogens (tertiary/aromatic N) is 3. The second-order valence-electron chi connectivity index (χ2n) is 7.06. The fourth-order valence-corrected chi connectivity index (χ4v) is 3.72. The lowest BCUT2D eigenvalue weighted by molar-refractivity contribution is -0.113. The maximum atomic E-state index is 12.3. The summed E-state index contributed by atoms with van der Waals surface area (Å²) in [6.07, 6.45) is 0.683. The Balaban J connectivity index is 1.54. The summed E-state index contributed by atoms with van der Waals surface area (Å²) in [7, 11) is 3.17. The molecule has 0 radical (unpaired) electrons. The third-order valence-electron chi connectivity index (χ3n) is 4.80. The van der Waals surface area contributed by atoms with Gasteiger partial charge in [-0.1, -0.05) is 30.8 Å². The van der Waals surface area contributed by atoms with Gasteiger partial charge in [-0.25, -0.2) is 4.79 Å². The minimum absolute atomic E-state index is 0.165. The molecule has 1 N–H and O–H groups in total. The van der Waals surface area contributed by atoms with E-state index in [0.717, 1.165) is 12.2 Å². The summed E-state index contributed by atoms with van der Waals surface area (Å²) in [5.74, 6) is 0.993. The fourth-order valence-electron chi connectivity index (χ4n) is 3.00. The highest BCUT2D eigenvalue weighted by Gasteiger charge is 2.18. The number of hydrogen-bond donors (Lipinski definition) is 1. The molecule has 0 saturated carbocycles. The van der Waals surface area contributed by atoms with E-state index < -0.39 is 5.97 Å². The normalized spacial score (nSPS) is 11.6. The van der Waals surface area contributed by atoms with Crippen molar-refractivity contribution in [3.8, 4) is 5.75 Å². The molecule has 0 spiro atoms. The molecule has 3 aromatic rings. The molecule has 1 atom stereocenters. The number of hydrogen-bond acceptors (Lipinski definition) is 7. The van der Waals surface area contributed by atoms with Crippen LogP contribution >= 0.6 is 11.8 Å². The molecule has 168 valence electrons. The number of anilines is 1. The smallest absolute Gasteiger partial charge is 0.337 e. The Hall–Kier alpha value is -3.33. The number of aromatic nitrogens is 3. The average Bonchev–Trinajstić information content (AvgIpc) is 3.18. The Morgan fingerprint density at radius 3 is 2.41 bits per heavy atom. The van der Waals surface area contributed by atoms with Crippen LogP contribution in [0.2, 0.25) is 0 Å². The molecule has 32 heavy (non-hydrogen) atoms. The summed E-state index contributed by atoms with van der Waals surface area (Å²) in [5, 5.41) is 11.8. The van der Waals surface area contributed by atoms with E-state index in [4.69, 9.17) is 4.74 Å². The highest BCUT2D eigenvalue weighted by molar-refractivity contribution is 7.99. The summed E-state index contributed by atoms with van der Waals surface area (Å²) < 4.78 is 12.5. The molecule has 0 saturated heterocycles. The van der Waals surface area contributed by atoms with Crippen LogP contribution in [-0.4, -0.2) is 39.5 Å². The van der Waals surface area contributed by atoms with Crippen LogP contribution in [0.25, 0.3) is 0 Å². The van der Waals surface area contributed by atoms with Gasteiger partial charge in [0.15, 0.2) is 17.1 Å². The van der Waals surface area contributed by atoms with Gasteiger partial charge in [0.2, 0.25) is 5.91 Å². The molecule has 0 bridgehead atoms. The second-order valence-corrected chi connectivity index (χ2v) is 8.01. The number of benzene rings is 2. The number of methoxy groups -OCH3 is 1. The zero-order valence-electron chi connectivity index (χ0n) is 18.5. The van der Waals surface area contributed by atoms with Crippen LogP contribution in [0, 0.1) is 0 Å². The standard InChI is InChI=1S/C23H26N4O4S/c1-5-16-6-12-19(13-7-16)31-15(2)21-25-26-23(27(21)3)32-14-20(28)24-18-10-8-17(9-11-18)22(29)30-4/h6-13,15H,5,14H2,1-4H3,(H,24,28)/t15-/m1/s1. The fraction of sp³-hybridized carbons (Fsp3) is 0.304. The topological polar surface area (TPSA) is 95.3 Å². The monoisotopic (exact) mass is 454 g/mol. The van der Waals surface area contributed by atoms with Gasteiger partial charge in [0.1, 0.15) is 5.75 Å². The van der Waals surface area contributed by atoms with Gasteiger partial charge >= 0.3 is 5.97 Å². The Kier molecular flexibility index (Phi) is 7.88. The van der Waals surface area contributed by atoms with Crippen molar-refractivity contribution in [2.24, 2.45) is 7.05 Å². The molecule has 0 aliphatic heterocycles. The number of aryl methyl sites for hydroxylation is 1. The van der Waals surface area contributed by atoms with E-state index in [1.165, 1.54) is 24.4 Å². The molecule has 3 rings (SSSR count). The first kappa shape index (κ1) is 23.3. The predicted octanol–water partition coefficient (Wildman–Crippen LogP) is 4.03. The van der Waals surface area contributed by atoms with Gasteiger partial charge in [-0.05, 0) is 55.3 Å². The van der Waals surface area contributed by atoms with Gasteiger partial charge in [-0.15, -0.1) is 10.2 Å². The quantitative estimate of drug-likeness (QED) is 0.385. The van der Waals surface area contributed by atoms with Crippen LogP contribution < -0.4 is 10.1 Å². The SMILES string of the molecule is CCc1ccc(O[C@H](C)c2nnc(SCC(=O)Nc3ccc(C(=O)OC)cc3)n2C)cc1. The van der Waals surface area contributed by atoms with E-state index in [2.05, 4.69) is 27.2 Å². The lowest BCUT2D eigenvalue weighted by Gasteiger charge is -2.14. The average molecular weight is 455 g/mol. The van der Waals surface area contributed by atoms with Gasteiger partial charge in [-0.3, -0.25) is 4.79 Å². The molecule has 8 nitrogen and oxygen atoms in total. The minimum atomic E-state index is -0.423. The van der Waals surface area contributed by atoms with E-state index >= 15 is 0 Å². The van der Waals surface area contributed by atoms with Gasteiger partial charge in [0, 0.05) is 12.7 Å².